The van der Waals surface area contributed by atoms with Gasteiger partial charge in [0, 0.05) is 6.42 Å². The van der Waals surface area contributed by atoms with Gasteiger partial charge in [0.15, 0.2) is 6.29 Å². The molecule has 1 heterocycles. The molecule has 1 amide bonds. The number of ether oxygens (including phenoxy) is 3. The standard InChI is InChI=1S/C47H81NO9/c1-3-5-7-9-11-13-15-17-19-21-23-25-30-34-40(56-46(54)38-32-28-27-29-33-38)39(37-55-47-45(53)44(52)43(51)41(36-49)57-47)48-42(50)35-31-26-24-22-20-18-16-14-12-10-8-6-4-2/h27-30,32-34,39-41,43-45,47,49,51-53H,3-26,31,35-37H2,1-2H3,(H,48,50)/t39-,40+,41+,43-,44-,45+,47+/m0/s1. The second kappa shape index (κ2) is 33.5. The molecule has 1 saturated heterocycles. The first-order chi connectivity index (χ1) is 27.8. The summed E-state index contributed by atoms with van der Waals surface area (Å²) in [5.74, 6) is -0.761. The fourth-order valence-electron chi connectivity index (χ4n) is 7.38. The van der Waals surface area contributed by atoms with Gasteiger partial charge in [-0.25, -0.2) is 4.79 Å². The molecule has 0 aliphatic carbocycles. The maximum absolute atomic E-state index is 13.4. The highest BCUT2D eigenvalue weighted by Gasteiger charge is 2.44. The Kier molecular flexibility index (Phi) is 29.8. The summed E-state index contributed by atoms with van der Waals surface area (Å²) in [6, 6.07) is 7.81. The fourth-order valence-corrected chi connectivity index (χ4v) is 7.38. The summed E-state index contributed by atoms with van der Waals surface area (Å²) in [5, 5.41) is 44.0. The largest absolute Gasteiger partial charge is 0.452 e. The Bertz CT molecular complexity index is 1150. The Labute approximate surface area is 345 Å². The molecular formula is C47H81NO9. The lowest BCUT2D eigenvalue weighted by molar-refractivity contribution is -0.302. The number of unbranched alkanes of at least 4 members (excludes halogenated alkanes) is 23. The molecule has 5 N–H and O–H groups in total. The van der Waals surface area contributed by atoms with Crippen LogP contribution in [0, 0.1) is 0 Å². The van der Waals surface area contributed by atoms with Gasteiger partial charge in [-0.3, -0.25) is 4.79 Å². The fraction of sp³-hybridized carbons (Fsp3) is 0.787. The minimum absolute atomic E-state index is 0.208. The van der Waals surface area contributed by atoms with Crippen LogP contribution in [0.5, 0.6) is 0 Å². The van der Waals surface area contributed by atoms with Crippen molar-refractivity contribution >= 4 is 11.9 Å². The molecule has 0 bridgehead atoms. The summed E-state index contributed by atoms with van der Waals surface area (Å²) in [7, 11) is 0. The van der Waals surface area contributed by atoms with Crippen LogP contribution in [0.3, 0.4) is 0 Å². The van der Waals surface area contributed by atoms with Crippen LogP contribution in [-0.2, 0) is 19.0 Å². The van der Waals surface area contributed by atoms with Crippen LogP contribution >= 0.6 is 0 Å². The number of carbonyl (C=O) groups is 2. The molecule has 1 aliphatic heterocycles. The van der Waals surface area contributed by atoms with Gasteiger partial charge in [-0.15, -0.1) is 0 Å². The number of carbonyl (C=O) groups excluding carboxylic acids is 2. The second-order valence-corrected chi connectivity index (χ2v) is 16.2. The number of hydrogen-bond acceptors (Lipinski definition) is 9. The van der Waals surface area contributed by atoms with Gasteiger partial charge in [0.1, 0.15) is 30.5 Å². The molecule has 7 atom stereocenters. The quantitative estimate of drug-likeness (QED) is 0.0257. The van der Waals surface area contributed by atoms with E-state index in [4.69, 9.17) is 14.2 Å². The number of aliphatic hydroxyl groups is 4. The lowest BCUT2D eigenvalue weighted by atomic mass is 9.99. The zero-order chi connectivity index (χ0) is 41.4. The van der Waals surface area contributed by atoms with Crippen molar-refractivity contribution < 1.29 is 44.2 Å². The van der Waals surface area contributed by atoms with Crippen molar-refractivity contribution in [2.75, 3.05) is 13.2 Å². The molecule has 10 nitrogen and oxygen atoms in total. The van der Waals surface area contributed by atoms with Gasteiger partial charge in [-0.2, -0.15) is 0 Å². The van der Waals surface area contributed by atoms with Crippen molar-refractivity contribution in [3.63, 3.8) is 0 Å². The maximum Gasteiger partial charge on any atom is 0.338 e. The lowest BCUT2D eigenvalue weighted by Crippen LogP contribution is -2.60. The van der Waals surface area contributed by atoms with E-state index in [1.165, 1.54) is 116 Å². The van der Waals surface area contributed by atoms with E-state index < -0.39 is 55.4 Å². The summed E-state index contributed by atoms with van der Waals surface area (Å²) in [6.45, 7) is 3.66. The van der Waals surface area contributed by atoms with Crippen molar-refractivity contribution in [2.45, 2.75) is 224 Å². The van der Waals surface area contributed by atoms with E-state index in [-0.39, 0.29) is 12.5 Å². The normalized spacial score (nSPS) is 20.8. The van der Waals surface area contributed by atoms with E-state index in [9.17, 15) is 30.0 Å². The summed E-state index contributed by atoms with van der Waals surface area (Å²) >= 11 is 0. The van der Waals surface area contributed by atoms with Gasteiger partial charge in [-0.05, 0) is 37.5 Å². The van der Waals surface area contributed by atoms with Crippen molar-refractivity contribution in [1.29, 1.82) is 0 Å². The van der Waals surface area contributed by atoms with Crippen molar-refractivity contribution in [3.8, 4) is 0 Å². The average molecular weight is 804 g/mol. The first kappa shape index (κ1) is 50.8. The Balaban J connectivity index is 2.00. The Morgan fingerprint density at radius 2 is 1.18 bits per heavy atom. The zero-order valence-electron chi connectivity index (χ0n) is 35.7. The number of amides is 1. The van der Waals surface area contributed by atoms with Gasteiger partial charge >= 0.3 is 5.97 Å². The third-order valence-corrected chi connectivity index (χ3v) is 11.1. The molecule has 57 heavy (non-hydrogen) atoms. The topological polar surface area (TPSA) is 155 Å². The predicted octanol–water partition coefficient (Wildman–Crippen LogP) is 9.25. The first-order valence-corrected chi connectivity index (χ1v) is 23.0. The number of allylic oxidation sites excluding steroid dienone is 1. The minimum Gasteiger partial charge on any atom is -0.452 e. The molecular weight excluding hydrogens is 723 g/mol. The molecule has 0 unspecified atom stereocenters. The smallest absolute Gasteiger partial charge is 0.338 e. The highest BCUT2D eigenvalue weighted by atomic mass is 16.7. The van der Waals surface area contributed by atoms with E-state index >= 15 is 0 Å². The van der Waals surface area contributed by atoms with Crippen molar-refractivity contribution in [3.05, 3.63) is 48.0 Å². The summed E-state index contributed by atoms with van der Waals surface area (Å²) in [6.07, 6.45) is 26.0. The molecule has 0 radical (unpaired) electrons. The molecule has 0 saturated carbocycles. The Morgan fingerprint density at radius 3 is 1.68 bits per heavy atom. The summed E-state index contributed by atoms with van der Waals surface area (Å²) in [5.41, 5.74) is 0.369. The molecule has 2 rings (SSSR count). The number of nitrogens with one attached hydrogen (secondary N) is 1. The highest BCUT2D eigenvalue weighted by Crippen LogP contribution is 2.23. The molecule has 1 aliphatic rings. The monoisotopic (exact) mass is 804 g/mol. The van der Waals surface area contributed by atoms with Crippen LogP contribution in [0.2, 0.25) is 0 Å². The SMILES string of the molecule is CCCCCCCCCCCCCC=C[C@@H](OC(=O)c1ccccc1)[C@H](CO[C@@H]1O[C@H](CO)[C@H](O)[C@H](O)[C@H]1O)NC(=O)CCCCCCCCCCCCCCC. The van der Waals surface area contributed by atoms with Crippen LogP contribution in [-0.4, -0.2) is 88.4 Å². The number of esters is 1. The minimum atomic E-state index is -1.61. The third kappa shape index (κ3) is 23.1. The van der Waals surface area contributed by atoms with E-state index in [1.807, 2.05) is 12.1 Å². The van der Waals surface area contributed by atoms with Gasteiger partial charge in [0.2, 0.25) is 5.91 Å². The van der Waals surface area contributed by atoms with Crippen LogP contribution in [0.1, 0.15) is 191 Å². The maximum atomic E-state index is 13.4. The summed E-state index contributed by atoms with van der Waals surface area (Å²) < 4.78 is 17.5. The van der Waals surface area contributed by atoms with Crippen molar-refractivity contribution in [1.82, 2.24) is 5.32 Å². The third-order valence-electron chi connectivity index (χ3n) is 11.1. The number of aliphatic hydroxyl groups excluding tert-OH is 4. The first-order valence-electron chi connectivity index (χ1n) is 23.0. The number of benzene rings is 1. The van der Waals surface area contributed by atoms with Crippen LogP contribution in [0.15, 0.2) is 42.5 Å². The molecule has 1 aromatic rings. The second-order valence-electron chi connectivity index (χ2n) is 16.2. The molecule has 1 fully saturated rings. The number of rotatable bonds is 35. The highest BCUT2D eigenvalue weighted by molar-refractivity contribution is 5.89. The predicted molar refractivity (Wildman–Crippen MR) is 228 cm³/mol. The molecule has 328 valence electrons. The van der Waals surface area contributed by atoms with Crippen LogP contribution in [0.25, 0.3) is 0 Å². The van der Waals surface area contributed by atoms with Gasteiger partial charge < -0.3 is 40.0 Å². The van der Waals surface area contributed by atoms with Gasteiger partial charge in [-0.1, -0.05) is 179 Å². The zero-order valence-corrected chi connectivity index (χ0v) is 35.7. The molecule has 0 aromatic heterocycles. The van der Waals surface area contributed by atoms with Gasteiger partial charge in [0.05, 0.1) is 24.8 Å². The van der Waals surface area contributed by atoms with Crippen LogP contribution in [0.4, 0.5) is 0 Å². The van der Waals surface area contributed by atoms with E-state index in [0.29, 0.717) is 12.0 Å². The Morgan fingerprint density at radius 1 is 0.684 bits per heavy atom. The van der Waals surface area contributed by atoms with E-state index in [1.54, 1.807) is 30.3 Å². The molecule has 0 spiro atoms. The number of hydrogen-bond donors (Lipinski definition) is 5. The Hall–Kier alpha value is -2.34. The average Bonchev–Trinajstić information content (AvgIpc) is 3.22. The van der Waals surface area contributed by atoms with Crippen LogP contribution < -0.4 is 5.32 Å². The van der Waals surface area contributed by atoms with Crippen molar-refractivity contribution in [2.24, 2.45) is 0 Å². The van der Waals surface area contributed by atoms with Gasteiger partial charge in [0.25, 0.3) is 0 Å². The summed E-state index contributed by atoms with van der Waals surface area (Å²) in [4.78, 5) is 26.7. The lowest BCUT2D eigenvalue weighted by Gasteiger charge is -2.40. The molecule has 10 heteroatoms. The van der Waals surface area contributed by atoms with E-state index in [0.717, 1.165) is 44.9 Å². The molecule has 1 aromatic carbocycles. The van der Waals surface area contributed by atoms with E-state index in [2.05, 4.69) is 19.2 Å².